The number of carbonyl (C=O) groups is 1. The quantitative estimate of drug-likeness (QED) is 0.761. The third-order valence-corrected chi connectivity index (χ3v) is 6.43. The van der Waals surface area contributed by atoms with Gasteiger partial charge in [0.2, 0.25) is 15.9 Å². The van der Waals surface area contributed by atoms with E-state index < -0.39 is 10.0 Å². The maximum Gasteiger partial charge on any atom is 0.240 e. The number of anilines is 1. The van der Waals surface area contributed by atoms with E-state index >= 15 is 0 Å². The van der Waals surface area contributed by atoms with Crippen molar-refractivity contribution in [2.75, 3.05) is 11.9 Å². The van der Waals surface area contributed by atoms with Crippen molar-refractivity contribution in [3.8, 4) is 0 Å². The van der Waals surface area contributed by atoms with Crippen LogP contribution in [0.1, 0.15) is 37.7 Å². The van der Waals surface area contributed by atoms with Gasteiger partial charge in [-0.15, -0.1) is 0 Å². The summed E-state index contributed by atoms with van der Waals surface area (Å²) in [5, 5.41) is 2.90. The van der Waals surface area contributed by atoms with Gasteiger partial charge in [-0.2, -0.15) is 0 Å². The molecule has 1 saturated carbocycles. The summed E-state index contributed by atoms with van der Waals surface area (Å²) in [5.74, 6) is 0.105. The highest BCUT2D eigenvalue weighted by molar-refractivity contribution is 7.89. The van der Waals surface area contributed by atoms with Crippen molar-refractivity contribution in [2.45, 2.75) is 43.4 Å². The first-order chi connectivity index (χ1) is 13.0. The first-order valence-corrected chi connectivity index (χ1v) is 11.0. The Labute approximate surface area is 161 Å². The van der Waals surface area contributed by atoms with Crippen LogP contribution in [0.25, 0.3) is 0 Å². The van der Waals surface area contributed by atoms with E-state index in [0.717, 1.165) is 31.2 Å². The van der Waals surface area contributed by atoms with Crippen LogP contribution in [-0.4, -0.2) is 20.9 Å². The topological polar surface area (TPSA) is 75.3 Å². The second kappa shape index (κ2) is 9.15. The van der Waals surface area contributed by atoms with Gasteiger partial charge in [-0.1, -0.05) is 49.6 Å². The number of nitrogens with one attached hydrogen (secondary N) is 2. The van der Waals surface area contributed by atoms with Gasteiger partial charge in [0, 0.05) is 18.2 Å². The maximum atomic E-state index is 12.4. The first-order valence-electron chi connectivity index (χ1n) is 9.49. The molecule has 1 aliphatic carbocycles. The third-order valence-electron chi connectivity index (χ3n) is 4.96. The average Bonchev–Trinajstić information content (AvgIpc) is 2.70. The lowest BCUT2D eigenvalue weighted by Crippen LogP contribution is -2.26. The molecular formula is C21H26N2O3S. The van der Waals surface area contributed by atoms with E-state index in [-0.39, 0.29) is 16.7 Å². The van der Waals surface area contributed by atoms with Crippen molar-refractivity contribution in [2.24, 2.45) is 5.92 Å². The molecule has 0 radical (unpaired) electrons. The lowest BCUT2D eigenvalue weighted by molar-refractivity contribution is -0.120. The Bertz CT molecular complexity index is 843. The fourth-order valence-electron chi connectivity index (χ4n) is 3.38. The van der Waals surface area contributed by atoms with Crippen LogP contribution in [0.15, 0.2) is 59.5 Å². The Morgan fingerprint density at radius 3 is 2.26 bits per heavy atom. The number of hydrogen-bond donors (Lipinski definition) is 2. The summed E-state index contributed by atoms with van der Waals surface area (Å²) in [5.41, 5.74) is 1.72. The number of carbonyl (C=O) groups excluding carboxylic acids is 1. The summed E-state index contributed by atoms with van der Waals surface area (Å²) in [6.07, 6.45) is 5.91. The standard InChI is InChI=1S/C21H26N2O3S/c24-21(18-9-5-2-6-10-18)23-19-11-13-20(14-12-19)27(25,26)22-16-15-17-7-3-1-4-8-17/h1,3-4,7-8,11-14,18,22H,2,5-6,9-10,15-16H2,(H,23,24). The molecule has 1 fully saturated rings. The minimum Gasteiger partial charge on any atom is -0.326 e. The van der Waals surface area contributed by atoms with Crippen LogP contribution in [0.3, 0.4) is 0 Å². The maximum absolute atomic E-state index is 12.4. The second-order valence-electron chi connectivity index (χ2n) is 6.98. The molecule has 3 rings (SSSR count). The molecule has 2 aromatic rings. The van der Waals surface area contributed by atoms with E-state index in [0.29, 0.717) is 18.7 Å². The molecule has 6 heteroatoms. The Hall–Kier alpha value is -2.18. The van der Waals surface area contributed by atoms with E-state index in [4.69, 9.17) is 0 Å². The zero-order valence-electron chi connectivity index (χ0n) is 15.4. The summed E-state index contributed by atoms with van der Waals surface area (Å²) in [6.45, 7) is 0.340. The molecule has 2 N–H and O–H groups in total. The van der Waals surface area contributed by atoms with Gasteiger partial charge in [0.15, 0.2) is 0 Å². The van der Waals surface area contributed by atoms with Crippen LogP contribution in [-0.2, 0) is 21.2 Å². The SMILES string of the molecule is O=C(Nc1ccc(S(=O)(=O)NCCc2ccccc2)cc1)C1CCCCC1. The average molecular weight is 387 g/mol. The van der Waals surface area contributed by atoms with Crippen LogP contribution >= 0.6 is 0 Å². The number of benzene rings is 2. The molecule has 1 aliphatic rings. The number of sulfonamides is 1. The second-order valence-corrected chi connectivity index (χ2v) is 8.75. The van der Waals surface area contributed by atoms with Gasteiger partial charge in [-0.3, -0.25) is 4.79 Å². The molecule has 0 aliphatic heterocycles. The van der Waals surface area contributed by atoms with Gasteiger partial charge in [0.1, 0.15) is 0 Å². The molecule has 0 unspecified atom stereocenters. The van der Waals surface area contributed by atoms with E-state index in [2.05, 4.69) is 10.0 Å². The van der Waals surface area contributed by atoms with Crippen molar-refractivity contribution in [3.05, 3.63) is 60.2 Å². The molecule has 0 bridgehead atoms. The van der Waals surface area contributed by atoms with E-state index in [9.17, 15) is 13.2 Å². The van der Waals surface area contributed by atoms with Gasteiger partial charge in [0.05, 0.1) is 4.90 Å². The molecule has 1 amide bonds. The number of amides is 1. The molecule has 0 spiro atoms. The molecule has 0 aromatic heterocycles. The van der Waals surface area contributed by atoms with Crippen molar-refractivity contribution in [1.82, 2.24) is 4.72 Å². The Morgan fingerprint density at radius 2 is 1.59 bits per heavy atom. The van der Waals surface area contributed by atoms with Gasteiger partial charge < -0.3 is 5.32 Å². The summed E-state index contributed by atoms with van der Waals surface area (Å²) in [6, 6.07) is 16.1. The predicted molar refractivity (Wildman–Crippen MR) is 107 cm³/mol. The monoisotopic (exact) mass is 386 g/mol. The van der Waals surface area contributed by atoms with Crippen LogP contribution in [0.5, 0.6) is 0 Å². The first kappa shape index (κ1) is 19.6. The van der Waals surface area contributed by atoms with E-state index in [1.165, 1.54) is 18.6 Å². The molecule has 0 saturated heterocycles. The van der Waals surface area contributed by atoms with Crippen LogP contribution in [0, 0.1) is 5.92 Å². The summed E-state index contributed by atoms with van der Waals surface area (Å²) >= 11 is 0. The minimum atomic E-state index is -3.56. The molecule has 5 nitrogen and oxygen atoms in total. The van der Waals surface area contributed by atoms with Crippen LogP contribution < -0.4 is 10.0 Å². The smallest absolute Gasteiger partial charge is 0.240 e. The highest BCUT2D eigenvalue weighted by Gasteiger charge is 2.21. The molecule has 144 valence electrons. The van der Waals surface area contributed by atoms with Gasteiger partial charge in [-0.25, -0.2) is 13.1 Å². The molecule has 0 heterocycles. The van der Waals surface area contributed by atoms with Gasteiger partial charge >= 0.3 is 0 Å². The fourth-order valence-corrected chi connectivity index (χ4v) is 4.42. The van der Waals surface area contributed by atoms with Crippen molar-refractivity contribution in [1.29, 1.82) is 0 Å². The van der Waals surface area contributed by atoms with Crippen molar-refractivity contribution >= 4 is 21.6 Å². The lowest BCUT2D eigenvalue weighted by Gasteiger charge is -2.20. The van der Waals surface area contributed by atoms with Crippen molar-refractivity contribution in [3.63, 3.8) is 0 Å². The normalized spacial score (nSPS) is 15.4. The van der Waals surface area contributed by atoms with Crippen LogP contribution in [0.4, 0.5) is 5.69 Å². The summed E-state index contributed by atoms with van der Waals surface area (Å²) in [7, 11) is -3.56. The fraction of sp³-hybridized carbons (Fsp3) is 0.381. The van der Waals surface area contributed by atoms with Crippen molar-refractivity contribution < 1.29 is 13.2 Å². The molecule has 0 atom stereocenters. The molecule has 2 aromatic carbocycles. The third kappa shape index (κ3) is 5.65. The van der Waals surface area contributed by atoms with E-state index in [1.54, 1.807) is 12.1 Å². The Kier molecular flexibility index (Phi) is 6.63. The Morgan fingerprint density at radius 1 is 0.926 bits per heavy atom. The number of rotatable bonds is 7. The minimum absolute atomic E-state index is 0.0336. The highest BCUT2D eigenvalue weighted by Crippen LogP contribution is 2.25. The van der Waals surface area contributed by atoms with Crippen LogP contribution in [0.2, 0.25) is 0 Å². The molecule has 27 heavy (non-hydrogen) atoms. The number of hydrogen-bond acceptors (Lipinski definition) is 3. The zero-order chi connectivity index (χ0) is 19.1. The lowest BCUT2D eigenvalue weighted by atomic mass is 9.88. The van der Waals surface area contributed by atoms with E-state index in [1.807, 2.05) is 30.3 Å². The largest absolute Gasteiger partial charge is 0.326 e. The van der Waals surface area contributed by atoms with Gasteiger partial charge in [0.25, 0.3) is 0 Å². The summed E-state index contributed by atoms with van der Waals surface area (Å²) < 4.78 is 27.4. The predicted octanol–water partition coefficient (Wildman–Crippen LogP) is 3.73. The Balaban J connectivity index is 1.54. The molecular weight excluding hydrogens is 360 g/mol. The zero-order valence-corrected chi connectivity index (χ0v) is 16.2. The highest BCUT2D eigenvalue weighted by atomic mass is 32.2. The van der Waals surface area contributed by atoms with Gasteiger partial charge in [-0.05, 0) is 49.1 Å². The summed E-state index contributed by atoms with van der Waals surface area (Å²) in [4.78, 5) is 12.5.